The van der Waals surface area contributed by atoms with Crippen LogP contribution in [0.1, 0.15) is 36.5 Å². The molecule has 0 bridgehead atoms. The van der Waals surface area contributed by atoms with Gasteiger partial charge in [-0.05, 0) is 25.8 Å². The lowest BCUT2D eigenvalue weighted by Crippen LogP contribution is -2.31. The number of nitrogens with zero attached hydrogens (tertiary/aromatic N) is 1. The number of pyridine rings is 1. The van der Waals surface area contributed by atoms with Crippen LogP contribution in [0.25, 0.3) is 0 Å². The second kappa shape index (κ2) is 7.26. The van der Waals surface area contributed by atoms with E-state index in [9.17, 15) is 9.59 Å². The smallest absolute Gasteiger partial charge is 0.252 e. The SMILES string of the molecule is CCNc1ncc(C(=O)NCCC(=O)NC2CC2)cc1Cl. The van der Waals surface area contributed by atoms with Crippen LogP contribution in [0, 0.1) is 0 Å². The largest absolute Gasteiger partial charge is 0.369 e. The van der Waals surface area contributed by atoms with Crippen molar-refractivity contribution in [2.45, 2.75) is 32.2 Å². The predicted octanol–water partition coefficient (Wildman–Crippen LogP) is 1.57. The van der Waals surface area contributed by atoms with Crippen molar-refractivity contribution >= 4 is 29.2 Å². The van der Waals surface area contributed by atoms with Crippen molar-refractivity contribution in [2.75, 3.05) is 18.4 Å². The highest BCUT2D eigenvalue weighted by Crippen LogP contribution is 2.20. The molecule has 7 heteroatoms. The summed E-state index contributed by atoms with van der Waals surface area (Å²) in [5, 5.41) is 8.94. The highest BCUT2D eigenvalue weighted by atomic mass is 35.5. The minimum atomic E-state index is -0.285. The topological polar surface area (TPSA) is 83.1 Å². The third-order valence-electron chi connectivity index (χ3n) is 3.03. The zero-order chi connectivity index (χ0) is 15.2. The fourth-order valence-electron chi connectivity index (χ4n) is 1.78. The molecule has 0 aliphatic heterocycles. The van der Waals surface area contributed by atoms with Gasteiger partial charge in [0.25, 0.3) is 5.91 Å². The lowest BCUT2D eigenvalue weighted by atomic mass is 10.2. The summed E-state index contributed by atoms with van der Waals surface area (Å²) in [6.07, 6.45) is 3.85. The molecule has 1 fully saturated rings. The van der Waals surface area contributed by atoms with Gasteiger partial charge < -0.3 is 16.0 Å². The zero-order valence-electron chi connectivity index (χ0n) is 11.9. The highest BCUT2D eigenvalue weighted by Gasteiger charge is 2.22. The first kappa shape index (κ1) is 15.6. The molecule has 114 valence electrons. The fourth-order valence-corrected chi connectivity index (χ4v) is 2.01. The zero-order valence-corrected chi connectivity index (χ0v) is 12.7. The second-order valence-electron chi connectivity index (χ2n) is 4.93. The first-order valence-electron chi connectivity index (χ1n) is 7.07. The van der Waals surface area contributed by atoms with E-state index in [1.54, 1.807) is 6.07 Å². The van der Waals surface area contributed by atoms with Crippen LogP contribution in [0.15, 0.2) is 12.3 Å². The van der Waals surface area contributed by atoms with Gasteiger partial charge in [0, 0.05) is 31.7 Å². The van der Waals surface area contributed by atoms with Crippen LogP contribution in [0.3, 0.4) is 0 Å². The average molecular weight is 311 g/mol. The van der Waals surface area contributed by atoms with Gasteiger partial charge in [0.15, 0.2) is 0 Å². The van der Waals surface area contributed by atoms with Gasteiger partial charge in [-0.1, -0.05) is 11.6 Å². The van der Waals surface area contributed by atoms with E-state index in [2.05, 4.69) is 20.9 Å². The van der Waals surface area contributed by atoms with Crippen LogP contribution in [0.2, 0.25) is 5.02 Å². The van der Waals surface area contributed by atoms with Gasteiger partial charge in [0.2, 0.25) is 5.91 Å². The number of aromatic nitrogens is 1. The summed E-state index contributed by atoms with van der Waals surface area (Å²) in [5.41, 5.74) is 0.379. The highest BCUT2D eigenvalue weighted by molar-refractivity contribution is 6.33. The molecule has 1 heterocycles. The number of nitrogens with one attached hydrogen (secondary N) is 3. The van der Waals surface area contributed by atoms with Crippen molar-refractivity contribution < 1.29 is 9.59 Å². The van der Waals surface area contributed by atoms with Crippen LogP contribution in [0.4, 0.5) is 5.82 Å². The Balaban J connectivity index is 1.79. The van der Waals surface area contributed by atoms with Gasteiger partial charge in [-0.15, -0.1) is 0 Å². The molecule has 21 heavy (non-hydrogen) atoms. The minimum Gasteiger partial charge on any atom is -0.369 e. The molecule has 1 saturated carbocycles. The monoisotopic (exact) mass is 310 g/mol. The van der Waals surface area contributed by atoms with Gasteiger partial charge in [0.1, 0.15) is 5.82 Å². The van der Waals surface area contributed by atoms with Crippen molar-refractivity contribution in [1.29, 1.82) is 0 Å². The second-order valence-corrected chi connectivity index (χ2v) is 5.34. The standard InChI is InChI=1S/C14H19ClN4O2/c1-2-16-13-11(15)7-9(8-18-13)14(21)17-6-5-12(20)19-10-3-4-10/h7-8,10H,2-6H2,1H3,(H,16,18)(H,17,21)(H,19,20). The molecule has 6 nitrogen and oxygen atoms in total. The fraction of sp³-hybridized carbons (Fsp3) is 0.500. The Kier molecular flexibility index (Phi) is 5.38. The minimum absolute atomic E-state index is 0.0311. The number of hydrogen-bond donors (Lipinski definition) is 3. The molecule has 0 saturated heterocycles. The van der Waals surface area contributed by atoms with Crippen LogP contribution < -0.4 is 16.0 Å². The lowest BCUT2D eigenvalue weighted by molar-refractivity contribution is -0.121. The summed E-state index contributed by atoms with van der Waals surface area (Å²) in [6.45, 7) is 2.93. The quantitative estimate of drug-likeness (QED) is 0.714. The molecule has 1 aromatic rings. The van der Waals surface area contributed by atoms with E-state index in [-0.39, 0.29) is 18.2 Å². The third kappa shape index (κ3) is 4.90. The van der Waals surface area contributed by atoms with Crippen molar-refractivity contribution in [3.63, 3.8) is 0 Å². The van der Waals surface area contributed by atoms with Crippen LogP contribution in [-0.2, 0) is 4.79 Å². The maximum atomic E-state index is 11.9. The number of amides is 2. The summed E-state index contributed by atoms with van der Waals surface area (Å²) in [5.74, 6) is 0.239. The van der Waals surface area contributed by atoms with Gasteiger partial charge in [0.05, 0.1) is 10.6 Å². The molecule has 0 spiro atoms. The molecule has 2 amide bonds. The first-order chi connectivity index (χ1) is 10.1. The number of rotatable bonds is 7. The van der Waals surface area contributed by atoms with Crippen LogP contribution in [-0.4, -0.2) is 35.9 Å². The summed E-state index contributed by atoms with van der Waals surface area (Å²) >= 11 is 6.03. The van der Waals surface area contributed by atoms with E-state index in [0.29, 0.717) is 35.5 Å². The van der Waals surface area contributed by atoms with E-state index in [1.807, 2.05) is 6.92 Å². The third-order valence-corrected chi connectivity index (χ3v) is 3.32. The molecule has 0 radical (unpaired) electrons. The summed E-state index contributed by atoms with van der Waals surface area (Å²) in [4.78, 5) is 27.5. The molecule has 1 aliphatic rings. The Bertz CT molecular complexity index is 532. The van der Waals surface area contributed by atoms with Crippen LogP contribution >= 0.6 is 11.6 Å². The van der Waals surface area contributed by atoms with E-state index in [1.165, 1.54) is 6.20 Å². The normalized spacial score (nSPS) is 13.6. The molecule has 3 N–H and O–H groups in total. The summed E-state index contributed by atoms with van der Waals surface area (Å²) in [7, 11) is 0. The maximum Gasteiger partial charge on any atom is 0.252 e. The molecule has 1 aromatic heterocycles. The van der Waals surface area contributed by atoms with E-state index in [0.717, 1.165) is 12.8 Å². The van der Waals surface area contributed by atoms with E-state index < -0.39 is 0 Å². The van der Waals surface area contributed by atoms with Gasteiger partial charge in [-0.2, -0.15) is 0 Å². The Labute approximate surface area is 128 Å². The van der Waals surface area contributed by atoms with E-state index >= 15 is 0 Å². The summed E-state index contributed by atoms with van der Waals surface area (Å²) in [6, 6.07) is 1.90. The number of carbonyl (C=O) groups is 2. The average Bonchev–Trinajstić information content (AvgIpc) is 3.25. The molecule has 0 unspecified atom stereocenters. The Morgan fingerprint density at radius 2 is 2.19 bits per heavy atom. The molecule has 0 aromatic carbocycles. The predicted molar refractivity (Wildman–Crippen MR) is 81.5 cm³/mol. The molecule has 2 rings (SSSR count). The van der Waals surface area contributed by atoms with Crippen LogP contribution in [0.5, 0.6) is 0 Å². The van der Waals surface area contributed by atoms with Crippen molar-refractivity contribution in [1.82, 2.24) is 15.6 Å². The first-order valence-corrected chi connectivity index (χ1v) is 7.45. The number of halogens is 1. The van der Waals surface area contributed by atoms with Gasteiger partial charge in [-0.3, -0.25) is 9.59 Å². The lowest BCUT2D eigenvalue weighted by Gasteiger charge is -2.08. The van der Waals surface area contributed by atoms with Crippen molar-refractivity contribution in [2.24, 2.45) is 0 Å². The van der Waals surface area contributed by atoms with Gasteiger partial charge in [-0.25, -0.2) is 4.98 Å². The Morgan fingerprint density at radius 3 is 2.81 bits per heavy atom. The van der Waals surface area contributed by atoms with Crippen molar-refractivity contribution in [3.05, 3.63) is 22.8 Å². The van der Waals surface area contributed by atoms with E-state index in [4.69, 9.17) is 11.6 Å². The number of anilines is 1. The molecular weight excluding hydrogens is 292 g/mol. The Hall–Kier alpha value is -1.82. The summed E-state index contributed by atoms with van der Waals surface area (Å²) < 4.78 is 0. The number of carbonyl (C=O) groups excluding carboxylic acids is 2. The number of hydrogen-bond acceptors (Lipinski definition) is 4. The molecule has 1 aliphatic carbocycles. The maximum absolute atomic E-state index is 11.9. The van der Waals surface area contributed by atoms with Crippen molar-refractivity contribution in [3.8, 4) is 0 Å². The van der Waals surface area contributed by atoms with Gasteiger partial charge >= 0.3 is 0 Å². The Morgan fingerprint density at radius 1 is 1.43 bits per heavy atom. The molecular formula is C14H19ClN4O2. The molecule has 0 atom stereocenters.